The fraction of sp³-hybridized carbons (Fsp3) is 0.276. The van der Waals surface area contributed by atoms with Gasteiger partial charge in [-0.05, 0) is 84.8 Å². The summed E-state index contributed by atoms with van der Waals surface area (Å²) in [7, 11) is 1.85. The van der Waals surface area contributed by atoms with E-state index in [1.54, 1.807) is 17.0 Å². The Balaban J connectivity index is 1.33. The molecule has 7 heteroatoms. The zero-order valence-electron chi connectivity index (χ0n) is 20.5. The molecule has 5 aromatic rings. The summed E-state index contributed by atoms with van der Waals surface area (Å²) in [6.45, 7) is 3.98. The van der Waals surface area contributed by atoms with Gasteiger partial charge in [-0.3, -0.25) is 0 Å². The fourth-order valence-corrected chi connectivity index (χ4v) is 4.92. The summed E-state index contributed by atoms with van der Waals surface area (Å²) in [5.74, 6) is 1.68. The Hall–Kier alpha value is -3.84. The number of nitrogens with one attached hydrogen (secondary N) is 1. The van der Waals surface area contributed by atoms with Crippen LogP contribution >= 0.6 is 0 Å². The molecule has 0 unspecified atom stereocenters. The Morgan fingerprint density at radius 2 is 1.92 bits per heavy atom. The van der Waals surface area contributed by atoms with Crippen molar-refractivity contribution in [2.75, 3.05) is 6.54 Å². The van der Waals surface area contributed by atoms with Crippen molar-refractivity contribution in [2.45, 2.75) is 32.7 Å². The van der Waals surface area contributed by atoms with Gasteiger partial charge in [-0.25, -0.2) is 9.37 Å². The molecule has 0 radical (unpaired) electrons. The van der Waals surface area contributed by atoms with Crippen LogP contribution in [0.5, 0.6) is 0 Å². The first-order chi connectivity index (χ1) is 17.5. The minimum absolute atomic E-state index is 0.319. The van der Waals surface area contributed by atoms with Gasteiger partial charge in [0.1, 0.15) is 17.7 Å². The van der Waals surface area contributed by atoms with Crippen molar-refractivity contribution in [3.8, 4) is 34.0 Å². The first kappa shape index (κ1) is 22.6. The van der Waals surface area contributed by atoms with Crippen LogP contribution < -0.4 is 5.32 Å². The van der Waals surface area contributed by atoms with Crippen LogP contribution in [0.15, 0.2) is 65.3 Å². The highest BCUT2D eigenvalue weighted by Gasteiger charge is 2.18. The van der Waals surface area contributed by atoms with E-state index in [0.29, 0.717) is 17.3 Å². The fourth-order valence-electron chi connectivity index (χ4n) is 4.92. The van der Waals surface area contributed by atoms with Gasteiger partial charge in [0.25, 0.3) is 0 Å². The van der Waals surface area contributed by atoms with Gasteiger partial charge < -0.3 is 14.3 Å². The molecular formula is C29H28FN5O. The number of hydrogen-bond donors (Lipinski definition) is 1. The summed E-state index contributed by atoms with van der Waals surface area (Å²) >= 11 is 0. The van der Waals surface area contributed by atoms with E-state index in [2.05, 4.69) is 34.6 Å². The molecule has 0 spiro atoms. The number of oxazole rings is 1. The van der Waals surface area contributed by atoms with E-state index in [1.807, 2.05) is 31.3 Å². The highest BCUT2D eigenvalue weighted by Crippen LogP contribution is 2.35. The maximum atomic E-state index is 14.2. The maximum Gasteiger partial charge on any atom is 0.227 e. The zero-order chi connectivity index (χ0) is 24.6. The van der Waals surface area contributed by atoms with Crippen LogP contribution in [-0.4, -0.2) is 26.3 Å². The van der Waals surface area contributed by atoms with Crippen molar-refractivity contribution >= 4 is 11.1 Å². The zero-order valence-corrected chi connectivity index (χ0v) is 20.5. The molecule has 1 saturated carbocycles. The van der Waals surface area contributed by atoms with Crippen LogP contribution in [-0.2, 0) is 13.6 Å². The average Bonchev–Trinajstić information content (AvgIpc) is 3.47. The van der Waals surface area contributed by atoms with E-state index in [-0.39, 0.29) is 5.82 Å². The lowest BCUT2D eigenvalue weighted by molar-refractivity contribution is 0.301. The van der Waals surface area contributed by atoms with Gasteiger partial charge in [-0.2, -0.15) is 0 Å². The highest BCUT2D eigenvalue weighted by molar-refractivity contribution is 5.84. The number of fused-ring (bicyclic) bond motifs is 1. The van der Waals surface area contributed by atoms with Crippen LogP contribution in [0.25, 0.3) is 45.1 Å². The molecule has 1 aliphatic carbocycles. The topological polar surface area (TPSA) is 68.8 Å². The smallest absolute Gasteiger partial charge is 0.227 e. The molecule has 2 heterocycles. The molecule has 3 aromatic carbocycles. The molecule has 36 heavy (non-hydrogen) atoms. The van der Waals surface area contributed by atoms with Gasteiger partial charge in [0, 0.05) is 24.7 Å². The lowest BCUT2D eigenvalue weighted by Crippen LogP contribution is -2.26. The number of aryl methyl sites for hydroxylation is 2. The number of halogens is 1. The Morgan fingerprint density at radius 1 is 1.06 bits per heavy atom. The normalized spacial score (nSPS) is 13.9. The monoisotopic (exact) mass is 481 g/mol. The van der Waals surface area contributed by atoms with Gasteiger partial charge >= 0.3 is 0 Å². The van der Waals surface area contributed by atoms with E-state index in [1.165, 1.54) is 37.0 Å². The molecule has 0 aliphatic heterocycles. The van der Waals surface area contributed by atoms with Crippen molar-refractivity contribution in [1.29, 1.82) is 0 Å². The maximum absolute atomic E-state index is 14.2. The molecule has 182 valence electrons. The molecule has 0 saturated heterocycles. The van der Waals surface area contributed by atoms with Crippen LogP contribution in [0, 0.1) is 18.7 Å². The summed E-state index contributed by atoms with van der Waals surface area (Å²) in [4.78, 5) is 4.83. The second-order valence-electron chi connectivity index (χ2n) is 9.74. The number of nitrogens with zero attached hydrogens (tertiary/aromatic N) is 4. The minimum atomic E-state index is -0.319. The third kappa shape index (κ3) is 4.31. The minimum Gasteiger partial charge on any atom is -0.436 e. The summed E-state index contributed by atoms with van der Waals surface area (Å²) in [5, 5.41) is 11.7. The molecule has 0 amide bonds. The van der Waals surface area contributed by atoms with E-state index in [4.69, 9.17) is 9.40 Å². The van der Waals surface area contributed by atoms with Gasteiger partial charge in [-0.15, -0.1) is 10.2 Å². The number of benzene rings is 3. The third-order valence-corrected chi connectivity index (χ3v) is 7.08. The molecule has 1 aliphatic rings. The number of aromatic nitrogens is 4. The van der Waals surface area contributed by atoms with E-state index < -0.39 is 0 Å². The Labute approximate surface area is 209 Å². The summed E-state index contributed by atoms with van der Waals surface area (Å²) in [5.41, 5.74) is 7.28. The molecule has 2 aromatic heterocycles. The predicted molar refractivity (Wildman–Crippen MR) is 139 cm³/mol. The molecule has 0 atom stereocenters. The second kappa shape index (κ2) is 9.32. The van der Waals surface area contributed by atoms with Crippen LogP contribution in [0.3, 0.4) is 0 Å². The standard InChI is InChI=1S/C29H28FN5O/c1-18-11-20(16-31-15-19-5-3-6-19)12-26-27(18)36-29(33-26)22-8-4-7-21(13-22)24-10-9-23(30)14-25(24)28-34-32-17-35(28)2/h4,7-14,17,19,31H,3,5-6,15-16H2,1-2H3. The largest absolute Gasteiger partial charge is 0.436 e. The third-order valence-electron chi connectivity index (χ3n) is 7.08. The van der Waals surface area contributed by atoms with Gasteiger partial charge in [0.2, 0.25) is 5.89 Å². The quantitative estimate of drug-likeness (QED) is 0.296. The predicted octanol–water partition coefficient (Wildman–Crippen LogP) is 6.29. The van der Waals surface area contributed by atoms with Crippen molar-refractivity contribution in [3.63, 3.8) is 0 Å². The van der Waals surface area contributed by atoms with Gasteiger partial charge in [0.15, 0.2) is 11.4 Å². The molecule has 1 fully saturated rings. The summed E-state index contributed by atoms with van der Waals surface area (Å²) < 4.78 is 22.2. The van der Waals surface area contributed by atoms with Crippen LogP contribution in [0.4, 0.5) is 4.39 Å². The molecule has 1 N–H and O–H groups in total. The first-order valence-corrected chi connectivity index (χ1v) is 12.4. The summed E-state index contributed by atoms with van der Waals surface area (Å²) in [6, 6.07) is 17.0. The lowest BCUT2D eigenvalue weighted by Gasteiger charge is -2.25. The average molecular weight is 482 g/mol. The van der Waals surface area contributed by atoms with Gasteiger partial charge in [0.05, 0.1) is 0 Å². The van der Waals surface area contributed by atoms with Gasteiger partial charge in [-0.1, -0.05) is 30.7 Å². The molecule has 6 rings (SSSR count). The Bertz CT molecular complexity index is 1550. The van der Waals surface area contributed by atoms with Crippen molar-refractivity contribution in [1.82, 2.24) is 25.1 Å². The Morgan fingerprint density at radius 3 is 2.69 bits per heavy atom. The van der Waals surface area contributed by atoms with Crippen molar-refractivity contribution in [2.24, 2.45) is 13.0 Å². The first-order valence-electron chi connectivity index (χ1n) is 12.4. The van der Waals surface area contributed by atoms with E-state index in [9.17, 15) is 4.39 Å². The number of rotatable bonds is 7. The highest BCUT2D eigenvalue weighted by atomic mass is 19.1. The Kier molecular flexibility index (Phi) is 5.85. The summed E-state index contributed by atoms with van der Waals surface area (Å²) in [6.07, 6.45) is 5.66. The second-order valence-corrected chi connectivity index (χ2v) is 9.74. The molecular weight excluding hydrogens is 453 g/mol. The van der Waals surface area contributed by atoms with Crippen molar-refractivity contribution in [3.05, 3.63) is 77.9 Å². The van der Waals surface area contributed by atoms with E-state index >= 15 is 0 Å². The lowest BCUT2D eigenvalue weighted by atomic mass is 9.85. The van der Waals surface area contributed by atoms with Crippen molar-refractivity contribution < 1.29 is 8.81 Å². The van der Waals surface area contributed by atoms with Crippen LogP contribution in [0.2, 0.25) is 0 Å². The van der Waals surface area contributed by atoms with E-state index in [0.717, 1.165) is 52.4 Å². The molecule has 6 nitrogen and oxygen atoms in total. The molecule has 0 bridgehead atoms. The van der Waals surface area contributed by atoms with Crippen LogP contribution in [0.1, 0.15) is 30.4 Å². The SMILES string of the molecule is Cc1cc(CNCC2CCC2)cc2nc(-c3cccc(-c4ccc(F)cc4-c4nncn4C)c3)oc12. The number of hydrogen-bond acceptors (Lipinski definition) is 5.